The maximum atomic E-state index is 13.4. The molecule has 0 saturated carbocycles. The van der Waals surface area contributed by atoms with Crippen LogP contribution in [0, 0.1) is 11.6 Å². The second kappa shape index (κ2) is 6.30. The van der Waals surface area contributed by atoms with E-state index in [1.165, 1.54) is 0 Å². The molecule has 0 bridgehead atoms. The summed E-state index contributed by atoms with van der Waals surface area (Å²) in [4.78, 5) is 11.7. The number of ether oxygens (including phenoxy) is 1. The number of halogens is 2. The van der Waals surface area contributed by atoms with Crippen molar-refractivity contribution in [1.29, 1.82) is 0 Å². The van der Waals surface area contributed by atoms with Crippen LogP contribution in [0.3, 0.4) is 0 Å². The molecule has 4 nitrogen and oxygen atoms in total. The molecule has 0 saturated heterocycles. The predicted octanol–water partition coefficient (Wildman–Crippen LogP) is 1.70. The Morgan fingerprint density at radius 3 is 2.72 bits per heavy atom. The van der Waals surface area contributed by atoms with Gasteiger partial charge in [-0.1, -0.05) is 0 Å². The normalized spacial score (nSPS) is 12.2. The standard InChI is InChI=1S/C12H16F2N2O2/c1-7(3-4-18-2)16-12(17)8-5-11(15)10(14)6-9(8)13/h5-7H,3-4,15H2,1-2H3,(H,16,17). The van der Waals surface area contributed by atoms with E-state index >= 15 is 0 Å². The lowest BCUT2D eigenvalue weighted by molar-refractivity contribution is 0.0925. The third kappa shape index (κ3) is 3.66. The van der Waals surface area contributed by atoms with Crippen LogP contribution in [0.1, 0.15) is 23.7 Å². The lowest BCUT2D eigenvalue weighted by Gasteiger charge is -2.14. The van der Waals surface area contributed by atoms with E-state index in [1.54, 1.807) is 14.0 Å². The van der Waals surface area contributed by atoms with Crippen LogP contribution >= 0.6 is 0 Å². The van der Waals surface area contributed by atoms with Crippen LogP contribution in [0.2, 0.25) is 0 Å². The van der Waals surface area contributed by atoms with Crippen molar-refractivity contribution in [3.63, 3.8) is 0 Å². The number of nitrogens with one attached hydrogen (secondary N) is 1. The highest BCUT2D eigenvalue weighted by Crippen LogP contribution is 2.16. The summed E-state index contributed by atoms with van der Waals surface area (Å²) in [6, 6.07) is 1.41. The number of methoxy groups -OCH3 is 1. The molecule has 1 aromatic rings. The first-order chi connectivity index (χ1) is 8.45. The Morgan fingerprint density at radius 1 is 1.44 bits per heavy atom. The molecule has 1 unspecified atom stereocenters. The van der Waals surface area contributed by atoms with E-state index < -0.39 is 17.5 Å². The van der Waals surface area contributed by atoms with Crippen molar-refractivity contribution in [3.05, 3.63) is 29.3 Å². The summed E-state index contributed by atoms with van der Waals surface area (Å²) >= 11 is 0. The van der Waals surface area contributed by atoms with Gasteiger partial charge in [0.25, 0.3) is 5.91 Å². The van der Waals surface area contributed by atoms with Gasteiger partial charge in [-0.15, -0.1) is 0 Å². The zero-order valence-corrected chi connectivity index (χ0v) is 10.3. The molecule has 0 aliphatic heterocycles. The number of carbonyl (C=O) groups excluding carboxylic acids is 1. The maximum absolute atomic E-state index is 13.4. The Kier molecular flexibility index (Phi) is 5.03. The number of amides is 1. The number of hydrogen-bond acceptors (Lipinski definition) is 3. The second-order valence-electron chi connectivity index (χ2n) is 4.01. The van der Waals surface area contributed by atoms with Gasteiger partial charge in [0, 0.05) is 25.8 Å². The van der Waals surface area contributed by atoms with Gasteiger partial charge >= 0.3 is 0 Å². The van der Waals surface area contributed by atoms with E-state index in [0.29, 0.717) is 19.1 Å². The summed E-state index contributed by atoms with van der Waals surface area (Å²) in [6.07, 6.45) is 0.598. The minimum atomic E-state index is -0.932. The molecule has 0 spiro atoms. The number of carbonyl (C=O) groups is 1. The summed E-state index contributed by atoms with van der Waals surface area (Å²) < 4.78 is 31.2. The van der Waals surface area contributed by atoms with Crippen molar-refractivity contribution in [2.24, 2.45) is 0 Å². The first kappa shape index (κ1) is 14.4. The molecule has 0 aromatic heterocycles. The van der Waals surface area contributed by atoms with Crippen LogP contribution in [0.25, 0.3) is 0 Å². The fourth-order valence-electron chi connectivity index (χ4n) is 1.41. The second-order valence-corrected chi connectivity index (χ2v) is 4.01. The van der Waals surface area contributed by atoms with Gasteiger partial charge in [0.15, 0.2) is 0 Å². The van der Waals surface area contributed by atoms with Crippen LogP contribution in [0.5, 0.6) is 0 Å². The first-order valence-electron chi connectivity index (χ1n) is 5.50. The molecule has 0 radical (unpaired) electrons. The Labute approximate surface area is 104 Å². The predicted molar refractivity (Wildman–Crippen MR) is 64.2 cm³/mol. The molecule has 0 aliphatic carbocycles. The number of nitrogen functional groups attached to an aromatic ring is 1. The van der Waals surface area contributed by atoms with Gasteiger partial charge in [-0.2, -0.15) is 0 Å². The molecule has 1 amide bonds. The molecule has 100 valence electrons. The van der Waals surface area contributed by atoms with E-state index in [0.717, 1.165) is 6.07 Å². The quantitative estimate of drug-likeness (QED) is 0.790. The average Bonchev–Trinajstić information content (AvgIpc) is 2.31. The highest BCUT2D eigenvalue weighted by Gasteiger charge is 2.16. The third-order valence-electron chi connectivity index (χ3n) is 2.46. The summed E-state index contributed by atoms with van der Waals surface area (Å²) in [5, 5.41) is 2.58. The smallest absolute Gasteiger partial charge is 0.254 e. The highest BCUT2D eigenvalue weighted by atomic mass is 19.1. The van der Waals surface area contributed by atoms with E-state index in [9.17, 15) is 13.6 Å². The summed E-state index contributed by atoms with van der Waals surface area (Å²) in [5.74, 6) is -2.43. The summed E-state index contributed by atoms with van der Waals surface area (Å²) in [7, 11) is 1.55. The fourth-order valence-corrected chi connectivity index (χ4v) is 1.41. The van der Waals surface area contributed by atoms with Gasteiger partial charge < -0.3 is 15.8 Å². The molecule has 18 heavy (non-hydrogen) atoms. The van der Waals surface area contributed by atoms with Crippen molar-refractivity contribution in [1.82, 2.24) is 5.32 Å². The van der Waals surface area contributed by atoms with Crippen LogP contribution < -0.4 is 11.1 Å². The van der Waals surface area contributed by atoms with Crippen molar-refractivity contribution in [3.8, 4) is 0 Å². The van der Waals surface area contributed by atoms with Crippen molar-refractivity contribution in [2.45, 2.75) is 19.4 Å². The number of anilines is 1. The van der Waals surface area contributed by atoms with Gasteiger partial charge in [0.05, 0.1) is 11.3 Å². The highest BCUT2D eigenvalue weighted by molar-refractivity contribution is 5.95. The summed E-state index contributed by atoms with van der Waals surface area (Å²) in [6.45, 7) is 2.25. The fraction of sp³-hybridized carbons (Fsp3) is 0.417. The molecule has 0 fully saturated rings. The minimum Gasteiger partial charge on any atom is -0.396 e. The van der Waals surface area contributed by atoms with Gasteiger partial charge in [-0.05, 0) is 19.4 Å². The Balaban J connectivity index is 2.75. The Bertz CT molecular complexity index is 438. The van der Waals surface area contributed by atoms with Gasteiger partial charge in [0.2, 0.25) is 0 Å². The van der Waals surface area contributed by atoms with Crippen LogP contribution in [0.15, 0.2) is 12.1 Å². The van der Waals surface area contributed by atoms with Gasteiger partial charge in [-0.3, -0.25) is 4.79 Å². The third-order valence-corrected chi connectivity index (χ3v) is 2.46. The molecule has 1 aromatic carbocycles. The minimum absolute atomic E-state index is 0.178. The lowest BCUT2D eigenvalue weighted by Crippen LogP contribution is -2.34. The first-order valence-corrected chi connectivity index (χ1v) is 5.50. The van der Waals surface area contributed by atoms with Crippen LogP contribution in [-0.4, -0.2) is 25.7 Å². The van der Waals surface area contributed by atoms with Gasteiger partial charge in [0.1, 0.15) is 11.6 Å². The number of nitrogens with two attached hydrogens (primary N) is 1. The zero-order chi connectivity index (χ0) is 13.7. The maximum Gasteiger partial charge on any atom is 0.254 e. The van der Waals surface area contributed by atoms with Crippen molar-refractivity contribution < 1.29 is 18.3 Å². The van der Waals surface area contributed by atoms with E-state index in [2.05, 4.69) is 5.32 Å². The monoisotopic (exact) mass is 258 g/mol. The lowest BCUT2D eigenvalue weighted by atomic mass is 10.1. The Hall–Kier alpha value is -1.69. The molecule has 6 heteroatoms. The number of rotatable bonds is 5. The van der Waals surface area contributed by atoms with Crippen molar-refractivity contribution >= 4 is 11.6 Å². The number of benzene rings is 1. The molecule has 0 heterocycles. The molecule has 1 atom stereocenters. The van der Waals surface area contributed by atoms with Crippen LogP contribution in [0.4, 0.5) is 14.5 Å². The van der Waals surface area contributed by atoms with E-state index in [4.69, 9.17) is 10.5 Å². The average molecular weight is 258 g/mol. The van der Waals surface area contributed by atoms with E-state index in [-0.39, 0.29) is 17.3 Å². The van der Waals surface area contributed by atoms with Crippen LogP contribution in [-0.2, 0) is 4.74 Å². The largest absolute Gasteiger partial charge is 0.396 e. The number of hydrogen-bond donors (Lipinski definition) is 2. The molecule has 3 N–H and O–H groups in total. The SMILES string of the molecule is COCCC(C)NC(=O)c1cc(N)c(F)cc1F. The molecular formula is C12H16F2N2O2. The van der Waals surface area contributed by atoms with Gasteiger partial charge in [-0.25, -0.2) is 8.78 Å². The zero-order valence-electron chi connectivity index (χ0n) is 10.3. The molecule has 1 rings (SSSR count). The summed E-state index contributed by atoms with van der Waals surface area (Å²) in [5.41, 5.74) is 4.77. The van der Waals surface area contributed by atoms with Crippen molar-refractivity contribution in [2.75, 3.05) is 19.5 Å². The Morgan fingerprint density at radius 2 is 2.11 bits per heavy atom. The topological polar surface area (TPSA) is 64.3 Å². The molecule has 0 aliphatic rings. The molecular weight excluding hydrogens is 242 g/mol. The van der Waals surface area contributed by atoms with E-state index in [1.807, 2.05) is 0 Å².